The molecule has 1 heterocycles. The van der Waals surface area contributed by atoms with Crippen LogP contribution in [0.15, 0.2) is 36.4 Å². The zero-order valence-electron chi connectivity index (χ0n) is 15.3. The van der Waals surface area contributed by atoms with Crippen molar-refractivity contribution in [2.75, 3.05) is 13.7 Å². The smallest absolute Gasteiger partial charge is 0.166 e. The van der Waals surface area contributed by atoms with Gasteiger partial charge in [0.15, 0.2) is 11.5 Å². The predicted octanol–water partition coefficient (Wildman–Crippen LogP) is 4.34. The van der Waals surface area contributed by atoms with Crippen LogP contribution in [0, 0.1) is 0 Å². The highest BCUT2D eigenvalue weighted by molar-refractivity contribution is 6.30. The van der Waals surface area contributed by atoms with Crippen molar-refractivity contribution in [2.45, 2.75) is 32.9 Å². The number of imidazole rings is 1. The molecule has 138 valence electrons. The van der Waals surface area contributed by atoms with Crippen LogP contribution in [0.3, 0.4) is 0 Å². The van der Waals surface area contributed by atoms with Crippen molar-refractivity contribution in [3.63, 3.8) is 0 Å². The molecule has 3 rings (SSSR count). The van der Waals surface area contributed by atoms with E-state index in [2.05, 4.69) is 15.3 Å². The van der Waals surface area contributed by atoms with Crippen molar-refractivity contribution in [3.05, 3.63) is 52.8 Å². The van der Waals surface area contributed by atoms with Crippen LogP contribution in [0.4, 0.5) is 0 Å². The molecule has 0 aliphatic carbocycles. The largest absolute Gasteiger partial charge is 0.493 e. The third kappa shape index (κ3) is 4.48. The van der Waals surface area contributed by atoms with Crippen molar-refractivity contribution in [1.82, 2.24) is 15.3 Å². The van der Waals surface area contributed by atoms with Gasteiger partial charge in [-0.3, -0.25) is 0 Å². The number of hydrogen-bond acceptors (Lipinski definition) is 4. The number of rotatable bonds is 8. The highest BCUT2D eigenvalue weighted by Crippen LogP contribution is 2.35. The quantitative estimate of drug-likeness (QED) is 0.576. The van der Waals surface area contributed by atoms with Gasteiger partial charge in [0.1, 0.15) is 5.82 Å². The number of para-hydroxylation sites is 2. The lowest BCUT2D eigenvalue weighted by molar-refractivity contribution is 0.227. The molecule has 26 heavy (non-hydrogen) atoms. The number of H-pyrrole nitrogens is 1. The zero-order chi connectivity index (χ0) is 18.5. The molecule has 6 heteroatoms. The minimum absolute atomic E-state index is 0.0550. The summed E-state index contributed by atoms with van der Waals surface area (Å²) in [6.07, 6.45) is 0.867. The lowest BCUT2D eigenvalue weighted by Gasteiger charge is -2.18. The monoisotopic (exact) mass is 373 g/mol. The van der Waals surface area contributed by atoms with Gasteiger partial charge in [-0.2, -0.15) is 0 Å². The summed E-state index contributed by atoms with van der Waals surface area (Å²) in [6.45, 7) is 5.41. The summed E-state index contributed by atoms with van der Waals surface area (Å²) in [5, 5.41) is 4.06. The van der Waals surface area contributed by atoms with E-state index < -0.39 is 0 Å². The zero-order valence-corrected chi connectivity index (χ0v) is 16.1. The standard InChI is InChI=1S/C20H24ClN3O2/c1-13(2)26-20-14(10-15(21)11-18(20)25-3)12-22-9-8-19-23-16-6-4-5-7-17(16)24-19/h4-7,10-11,13,22H,8-9,12H2,1-3H3,(H,23,24). The Morgan fingerprint density at radius 3 is 2.77 bits per heavy atom. The Morgan fingerprint density at radius 1 is 1.23 bits per heavy atom. The number of ether oxygens (including phenoxy) is 2. The molecule has 0 fully saturated rings. The average molecular weight is 374 g/mol. The van der Waals surface area contributed by atoms with E-state index in [4.69, 9.17) is 21.1 Å². The molecule has 2 aromatic carbocycles. The maximum absolute atomic E-state index is 6.21. The van der Waals surface area contributed by atoms with Gasteiger partial charge in [0.25, 0.3) is 0 Å². The maximum Gasteiger partial charge on any atom is 0.166 e. The molecule has 0 aliphatic heterocycles. The molecule has 0 amide bonds. The number of aromatic nitrogens is 2. The molecule has 0 saturated carbocycles. The second kappa shape index (κ2) is 8.43. The Kier molecular flexibility index (Phi) is 6.01. The van der Waals surface area contributed by atoms with Gasteiger partial charge >= 0.3 is 0 Å². The van der Waals surface area contributed by atoms with Crippen molar-refractivity contribution in [2.24, 2.45) is 0 Å². The normalized spacial score (nSPS) is 11.3. The van der Waals surface area contributed by atoms with E-state index in [1.807, 2.05) is 44.2 Å². The van der Waals surface area contributed by atoms with Crippen molar-refractivity contribution < 1.29 is 9.47 Å². The molecule has 5 nitrogen and oxygen atoms in total. The van der Waals surface area contributed by atoms with Gasteiger partial charge in [-0.05, 0) is 32.0 Å². The van der Waals surface area contributed by atoms with Crippen LogP contribution in [-0.2, 0) is 13.0 Å². The molecule has 0 unspecified atom stereocenters. The minimum atomic E-state index is 0.0550. The molecule has 0 atom stereocenters. The number of nitrogens with zero attached hydrogens (tertiary/aromatic N) is 1. The SMILES string of the molecule is COc1cc(Cl)cc(CNCCc2nc3ccccc3[nH]2)c1OC(C)C. The first-order valence-electron chi connectivity index (χ1n) is 8.74. The van der Waals surface area contributed by atoms with E-state index in [0.717, 1.165) is 41.1 Å². The van der Waals surface area contributed by atoms with Crippen LogP contribution < -0.4 is 14.8 Å². The summed E-state index contributed by atoms with van der Waals surface area (Å²) < 4.78 is 11.4. The van der Waals surface area contributed by atoms with Crippen LogP contribution in [-0.4, -0.2) is 29.7 Å². The molecule has 0 bridgehead atoms. The van der Waals surface area contributed by atoms with Crippen LogP contribution in [0.2, 0.25) is 5.02 Å². The fourth-order valence-corrected chi connectivity index (χ4v) is 3.06. The first-order chi connectivity index (χ1) is 12.6. The summed E-state index contributed by atoms with van der Waals surface area (Å²) in [5.41, 5.74) is 3.04. The van der Waals surface area contributed by atoms with Gasteiger partial charge in [0.05, 0.1) is 24.2 Å². The number of benzene rings is 2. The Hall–Kier alpha value is -2.24. The summed E-state index contributed by atoms with van der Waals surface area (Å²) in [7, 11) is 1.62. The number of halogens is 1. The van der Waals surface area contributed by atoms with Crippen LogP contribution in [0.25, 0.3) is 11.0 Å². The van der Waals surface area contributed by atoms with E-state index in [1.54, 1.807) is 13.2 Å². The Balaban J connectivity index is 1.64. The number of hydrogen-bond donors (Lipinski definition) is 2. The van der Waals surface area contributed by atoms with E-state index in [9.17, 15) is 0 Å². The second-order valence-electron chi connectivity index (χ2n) is 6.39. The Labute approximate surface area is 158 Å². The highest BCUT2D eigenvalue weighted by atomic mass is 35.5. The molecule has 1 aromatic heterocycles. The maximum atomic E-state index is 6.21. The first-order valence-corrected chi connectivity index (χ1v) is 9.12. The molecule has 0 radical (unpaired) electrons. The highest BCUT2D eigenvalue weighted by Gasteiger charge is 2.14. The number of methoxy groups -OCH3 is 1. The van der Waals surface area contributed by atoms with Gasteiger partial charge in [0, 0.05) is 36.2 Å². The predicted molar refractivity (Wildman–Crippen MR) is 105 cm³/mol. The molecule has 0 aliphatic rings. The van der Waals surface area contributed by atoms with Gasteiger partial charge in [-0.25, -0.2) is 4.98 Å². The molecule has 2 N–H and O–H groups in total. The summed E-state index contributed by atoms with van der Waals surface area (Å²) >= 11 is 6.21. The van der Waals surface area contributed by atoms with Gasteiger partial charge in [0.2, 0.25) is 0 Å². The topological polar surface area (TPSA) is 59.2 Å². The van der Waals surface area contributed by atoms with Gasteiger partial charge < -0.3 is 19.8 Å². The molecular weight excluding hydrogens is 350 g/mol. The van der Waals surface area contributed by atoms with E-state index >= 15 is 0 Å². The van der Waals surface area contributed by atoms with Crippen LogP contribution >= 0.6 is 11.6 Å². The van der Waals surface area contributed by atoms with E-state index in [1.165, 1.54) is 0 Å². The van der Waals surface area contributed by atoms with Crippen molar-refractivity contribution in [3.8, 4) is 11.5 Å². The number of nitrogens with one attached hydrogen (secondary N) is 2. The van der Waals surface area contributed by atoms with Crippen LogP contribution in [0.1, 0.15) is 25.2 Å². The van der Waals surface area contributed by atoms with E-state index in [-0.39, 0.29) is 6.10 Å². The minimum Gasteiger partial charge on any atom is -0.493 e. The number of aromatic amines is 1. The Bertz CT molecular complexity index is 844. The molecule has 3 aromatic rings. The summed E-state index contributed by atoms with van der Waals surface area (Å²) in [4.78, 5) is 7.94. The fraction of sp³-hybridized carbons (Fsp3) is 0.350. The van der Waals surface area contributed by atoms with Gasteiger partial charge in [-0.1, -0.05) is 23.7 Å². The average Bonchev–Trinajstić information content (AvgIpc) is 3.02. The number of fused-ring (bicyclic) bond motifs is 1. The van der Waals surface area contributed by atoms with Crippen LogP contribution in [0.5, 0.6) is 11.5 Å². The molecule has 0 spiro atoms. The van der Waals surface area contributed by atoms with Crippen molar-refractivity contribution >= 4 is 22.6 Å². The summed E-state index contributed by atoms with van der Waals surface area (Å²) in [5.74, 6) is 2.37. The molecule has 0 saturated heterocycles. The van der Waals surface area contributed by atoms with Crippen molar-refractivity contribution in [1.29, 1.82) is 0 Å². The third-order valence-corrected chi connectivity index (χ3v) is 4.18. The Morgan fingerprint density at radius 2 is 2.04 bits per heavy atom. The lowest BCUT2D eigenvalue weighted by atomic mass is 10.1. The molecular formula is C20H24ClN3O2. The second-order valence-corrected chi connectivity index (χ2v) is 6.83. The van der Waals surface area contributed by atoms with E-state index in [0.29, 0.717) is 17.3 Å². The third-order valence-electron chi connectivity index (χ3n) is 3.96. The van der Waals surface area contributed by atoms with Gasteiger partial charge in [-0.15, -0.1) is 0 Å². The fourth-order valence-electron chi connectivity index (χ4n) is 2.83. The first kappa shape index (κ1) is 18.5. The summed E-state index contributed by atoms with van der Waals surface area (Å²) in [6, 6.07) is 11.7. The lowest BCUT2D eigenvalue weighted by Crippen LogP contribution is -2.19.